The van der Waals surface area contributed by atoms with Gasteiger partial charge in [0.2, 0.25) is 11.7 Å². The zero-order valence-corrected chi connectivity index (χ0v) is 15.8. The monoisotopic (exact) mass is 396 g/mol. The van der Waals surface area contributed by atoms with Crippen LogP contribution in [0.25, 0.3) is 0 Å². The predicted molar refractivity (Wildman–Crippen MR) is 104 cm³/mol. The highest BCUT2D eigenvalue weighted by atomic mass is 16.6. The molecule has 1 amide bonds. The van der Waals surface area contributed by atoms with Gasteiger partial charge in [-0.15, -0.1) is 0 Å². The number of carbonyl (C=O) groups is 3. The van der Waals surface area contributed by atoms with Gasteiger partial charge in [0, 0.05) is 30.7 Å². The molecule has 0 unspecified atom stereocenters. The highest BCUT2D eigenvalue weighted by Gasteiger charge is 2.38. The fraction of sp³-hybridized carbons (Fsp3) is 0.286. The Kier molecular flexibility index (Phi) is 6.01. The van der Waals surface area contributed by atoms with Gasteiger partial charge in [0.15, 0.2) is 6.10 Å². The van der Waals surface area contributed by atoms with E-state index in [1.807, 2.05) is 0 Å². The second-order valence-corrected chi connectivity index (χ2v) is 6.75. The smallest absolute Gasteiger partial charge is 0.312 e. The van der Waals surface area contributed by atoms with Crippen LogP contribution in [0, 0.1) is 16.0 Å². The Morgan fingerprint density at radius 1 is 1.21 bits per heavy atom. The molecule has 150 valence electrons. The second-order valence-electron chi connectivity index (χ2n) is 6.75. The molecule has 0 radical (unpaired) electrons. The summed E-state index contributed by atoms with van der Waals surface area (Å²) in [6.45, 7) is 1.79. The number of hydrogen-bond donors (Lipinski definition) is 0. The summed E-state index contributed by atoms with van der Waals surface area (Å²) < 4.78 is 5.42. The van der Waals surface area contributed by atoms with E-state index in [9.17, 15) is 24.5 Å². The first-order valence-corrected chi connectivity index (χ1v) is 9.25. The first kappa shape index (κ1) is 20.2. The Hall–Kier alpha value is -3.55. The Labute approximate surface area is 167 Å². The summed E-state index contributed by atoms with van der Waals surface area (Å²) in [4.78, 5) is 49.2. The number of non-ortho nitro benzene ring substituents is 1. The van der Waals surface area contributed by atoms with Crippen LogP contribution in [0.5, 0.6) is 0 Å². The van der Waals surface area contributed by atoms with Crippen LogP contribution in [0.1, 0.15) is 30.1 Å². The Morgan fingerprint density at radius 3 is 2.59 bits per heavy atom. The normalized spacial score (nSPS) is 17.1. The van der Waals surface area contributed by atoms with Crippen LogP contribution in [0.2, 0.25) is 0 Å². The third kappa shape index (κ3) is 4.48. The lowest BCUT2D eigenvalue weighted by Gasteiger charge is -2.19. The highest BCUT2D eigenvalue weighted by molar-refractivity contribution is 6.02. The summed E-state index contributed by atoms with van der Waals surface area (Å²) in [6.07, 6.45) is -0.682. The molecular formula is C21H20N2O6. The molecule has 2 aromatic rings. The molecule has 0 N–H and O–H groups in total. The van der Waals surface area contributed by atoms with Gasteiger partial charge in [0.05, 0.1) is 16.5 Å². The molecule has 0 spiro atoms. The van der Waals surface area contributed by atoms with Crippen LogP contribution in [0.3, 0.4) is 0 Å². The summed E-state index contributed by atoms with van der Waals surface area (Å²) in [5, 5.41) is 11.0. The SMILES string of the molecule is CC[C@H](OC(=O)[C@H]1CC(=O)N(c2cccc([N+](=O)[O-])c2)C1)C(=O)c1ccccc1. The number of esters is 1. The average Bonchev–Trinajstić information content (AvgIpc) is 3.14. The predicted octanol–water partition coefficient (Wildman–Crippen LogP) is 3.15. The van der Waals surface area contributed by atoms with Crippen molar-refractivity contribution in [2.45, 2.75) is 25.9 Å². The molecule has 1 fully saturated rings. The van der Waals surface area contributed by atoms with Gasteiger partial charge in [-0.3, -0.25) is 24.5 Å². The van der Waals surface area contributed by atoms with Gasteiger partial charge < -0.3 is 9.64 Å². The molecule has 0 bridgehead atoms. The molecule has 29 heavy (non-hydrogen) atoms. The first-order chi connectivity index (χ1) is 13.9. The first-order valence-electron chi connectivity index (χ1n) is 9.25. The molecule has 0 aliphatic carbocycles. The van der Waals surface area contributed by atoms with E-state index >= 15 is 0 Å². The summed E-state index contributed by atoms with van der Waals surface area (Å²) in [6, 6.07) is 14.2. The Bertz CT molecular complexity index is 943. The van der Waals surface area contributed by atoms with Crippen LogP contribution >= 0.6 is 0 Å². The maximum Gasteiger partial charge on any atom is 0.312 e. The fourth-order valence-electron chi connectivity index (χ4n) is 3.24. The van der Waals surface area contributed by atoms with Gasteiger partial charge in [0.25, 0.3) is 5.69 Å². The molecule has 2 atom stereocenters. The number of carbonyl (C=O) groups excluding carboxylic acids is 3. The molecule has 8 heteroatoms. The van der Waals surface area contributed by atoms with Crippen molar-refractivity contribution in [2.24, 2.45) is 5.92 Å². The molecule has 1 aliphatic heterocycles. The van der Waals surface area contributed by atoms with Crippen LogP contribution in [-0.4, -0.2) is 35.2 Å². The van der Waals surface area contributed by atoms with Gasteiger partial charge in [-0.2, -0.15) is 0 Å². The van der Waals surface area contributed by atoms with Crippen molar-refractivity contribution < 1.29 is 24.0 Å². The molecular weight excluding hydrogens is 376 g/mol. The zero-order valence-electron chi connectivity index (χ0n) is 15.8. The zero-order chi connectivity index (χ0) is 21.0. The Morgan fingerprint density at radius 2 is 1.93 bits per heavy atom. The minimum atomic E-state index is -0.924. The van der Waals surface area contributed by atoms with Crippen molar-refractivity contribution in [3.63, 3.8) is 0 Å². The number of hydrogen-bond acceptors (Lipinski definition) is 6. The fourth-order valence-corrected chi connectivity index (χ4v) is 3.24. The van der Waals surface area contributed by atoms with E-state index in [0.29, 0.717) is 17.7 Å². The number of Topliss-reactive ketones (excluding diaryl/α,β-unsaturated/α-hetero) is 1. The summed E-state index contributed by atoms with van der Waals surface area (Å²) in [7, 11) is 0. The van der Waals surface area contributed by atoms with Gasteiger partial charge in [-0.1, -0.05) is 43.3 Å². The standard InChI is InChI=1S/C21H20N2O6/c1-2-18(20(25)14-7-4-3-5-8-14)29-21(26)15-11-19(24)22(13-15)16-9-6-10-17(12-16)23(27)28/h3-10,12,15,18H,2,11,13H2,1H3/t15-,18-/m0/s1. The molecule has 2 aromatic carbocycles. The average molecular weight is 396 g/mol. The summed E-state index contributed by atoms with van der Waals surface area (Å²) in [5.41, 5.74) is 0.667. The molecule has 3 rings (SSSR count). The molecule has 1 aliphatic rings. The van der Waals surface area contributed by atoms with Crippen molar-refractivity contribution in [1.82, 2.24) is 0 Å². The number of nitro groups is 1. The number of benzene rings is 2. The number of anilines is 1. The Balaban J connectivity index is 1.69. The molecule has 0 aromatic heterocycles. The molecule has 1 saturated heterocycles. The van der Waals surface area contributed by atoms with Gasteiger partial charge in [-0.05, 0) is 12.5 Å². The summed E-state index contributed by atoms with van der Waals surface area (Å²) in [5.74, 6) is -1.97. The van der Waals surface area contributed by atoms with Crippen LogP contribution < -0.4 is 4.90 Å². The molecule has 8 nitrogen and oxygen atoms in total. The van der Waals surface area contributed by atoms with Crippen LogP contribution in [0.15, 0.2) is 54.6 Å². The van der Waals surface area contributed by atoms with Crippen LogP contribution in [-0.2, 0) is 14.3 Å². The largest absolute Gasteiger partial charge is 0.454 e. The van der Waals surface area contributed by atoms with E-state index in [2.05, 4.69) is 0 Å². The summed E-state index contributed by atoms with van der Waals surface area (Å²) >= 11 is 0. The van der Waals surface area contributed by atoms with Gasteiger partial charge in [0.1, 0.15) is 0 Å². The van der Waals surface area contributed by atoms with E-state index in [0.717, 1.165) is 0 Å². The number of nitro benzene ring substituents is 1. The number of rotatable bonds is 7. The quantitative estimate of drug-likeness (QED) is 0.308. The minimum absolute atomic E-state index is 0.0504. The number of ether oxygens (including phenoxy) is 1. The van der Waals surface area contributed by atoms with Crippen molar-refractivity contribution in [2.75, 3.05) is 11.4 Å². The van der Waals surface area contributed by atoms with Crippen molar-refractivity contribution in [3.05, 3.63) is 70.3 Å². The lowest BCUT2D eigenvalue weighted by molar-refractivity contribution is -0.384. The molecule has 0 saturated carbocycles. The number of ketones is 1. The van der Waals surface area contributed by atoms with E-state index < -0.39 is 22.9 Å². The maximum absolute atomic E-state index is 12.6. The van der Waals surface area contributed by atoms with Crippen molar-refractivity contribution in [1.29, 1.82) is 0 Å². The maximum atomic E-state index is 12.6. The third-order valence-electron chi connectivity index (χ3n) is 4.79. The minimum Gasteiger partial charge on any atom is -0.454 e. The van der Waals surface area contributed by atoms with Gasteiger partial charge in [-0.25, -0.2) is 0 Å². The number of nitrogens with zero attached hydrogens (tertiary/aromatic N) is 2. The van der Waals surface area contributed by atoms with E-state index in [-0.39, 0.29) is 30.3 Å². The van der Waals surface area contributed by atoms with Crippen molar-refractivity contribution in [3.8, 4) is 0 Å². The topological polar surface area (TPSA) is 107 Å². The van der Waals surface area contributed by atoms with Gasteiger partial charge >= 0.3 is 5.97 Å². The van der Waals surface area contributed by atoms with E-state index in [4.69, 9.17) is 4.74 Å². The lowest BCUT2D eigenvalue weighted by Crippen LogP contribution is -2.31. The van der Waals surface area contributed by atoms with Crippen LogP contribution in [0.4, 0.5) is 11.4 Å². The third-order valence-corrected chi connectivity index (χ3v) is 4.79. The van der Waals surface area contributed by atoms with Crippen molar-refractivity contribution >= 4 is 29.0 Å². The number of amides is 1. The lowest BCUT2D eigenvalue weighted by atomic mass is 10.0. The second kappa shape index (κ2) is 8.64. The molecule has 1 heterocycles. The van der Waals surface area contributed by atoms with E-state index in [1.54, 1.807) is 43.3 Å². The van der Waals surface area contributed by atoms with E-state index in [1.165, 1.54) is 23.1 Å². The highest BCUT2D eigenvalue weighted by Crippen LogP contribution is 2.29.